The van der Waals surface area contributed by atoms with Crippen LogP contribution in [0.1, 0.15) is 26.0 Å². The first kappa shape index (κ1) is 17.9. The molecule has 1 aromatic heterocycles. The van der Waals surface area contributed by atoms with Crippen molar-refractivity contribution in [1.82, 2.24) is 14.4 Å². The molecule has 23 heavy (non-hydrogen) atoms. The van der Waals surface area contributed by atoms with Crippen molar-refractivity contribution >= 4 is 15.9 Å². The summed E-state index contributed by atoms with van der Waals surface area (Å²) in [6.45, 7) is 5.22. The van der Waals surface area contributed by atoms with Gasteiger partial charge < -0.3 is 15.2 Å². The van der Waals surface area contributed by atoms with Gasteiger partial charge in [0.05, 0.1) is 11.7 Å². The average molecular weight is 344 g/mol. The van der Waals surface area contributed by atoms with Crippen LogP contribution in [0.25, 0.3) is 0 Å². The Hall–Kier alpha value is -1.45. The van der Waals surface area contributed by atoms with E-state index in [-0.39, 0.29) is 30.7 Å². The molecule has 8 nitrogen and oxygen atoms in total. The lowest BCUT2D eigenvalue weighted by Crippen LogP contribution is -2.55. The Morgan fingerprint density at radius 1 is 1.39 bits per heavy atom. The van der Waals surface area contributed by atoms with Gasteiger partial charge in [0.15, 0.2) is 0 Å². The van der Waals surface area contributed by atoms with Crippen molar-refractivity contribution < 1.29 is 17.7 Å². The van der Waals surface area contributed by atoms with E-state index in [0.29, 0.717) is 18.8 Å². The number of nitrogens with zero attached hydrogens (tertiary/aromatic N) is 3. The van der Waals surface area contributed by atoms with Gasteiger partial charge in [0, 0.05) is 32.2 Å². The third-order valence-electron chi connectivity index (χ3n) is 4.31. The molecule has 2 N–H and O–H groups in total. The number of rotatable bonds is 6. The van der Waals surface area contributed by atoms with Crippen LogP contribution in [-0.2, 0) is 20.6 Å². The molecule has 1 aliphatic rings. The summed E-state index contributed by atoms with van der Waals surface area (Å²) in [5, 5.41) is 3.63. The number of aromatic nitrogens is 1. The van der Waals surface area contributed by atoms with Crippen LogP contribution in [0.4, 0.5) is 0 Å². The number of sulfonamides is 1. The highest BCUT2D eigenvalue weighted by molar-refractivity contribution is 7.88. The first-order chi connectivity index (χ1) is 10.8. The Bertz CT molecular complexity index is 609. The molecule has 130 valence electrons. The van der Waals surface area contributed by atoms with Crippen molar-refractivity contribution in [2.24, 2.45) is 11.7 Å². The monoisotopic (exact) mass is 344 g/mol. The minimum Gasteiger partial charge on any atom is -0.364 e. The summed E-state index contributed by atoms with van der Waals surface area (Å²) in [5.41, 5.74) is 6.35. The zero-order chi connectivity index (χ0) is 17.0. The number of amides is 1. The van der Waals surface area contributed by atoms with Crippen LogP contribution in [0.15, 0.2) is 16.9 Å². The number of piperazine rings is 1. The second-order valence-electron chi connectivity index (χ2n) is 5.88. The molecule has 2 rings (SSSR count). The molecule has 1 amide bonds. The van der Waals surface area contributed by atoms with E-state index >= 15 is 0 Å². The smallest absolute Gasteiger partial charge is 0.239 e. The summed E-state index contributed by atoms with van der Waals surface area (Å²) in [6.07, 6.45) is 2.18. The molecule has 9 heteroatoms. The van der Waals surface area contributed by atoms with Crippen molar-refractivity contribution in [3.63, 3.8) is 0 Å². The van der Waals surface area contributed by atoms with Gasteiger partial charge in [-0.3, -0.25) is 4.79 Å². The number of carbonyl (C=O) groups is 1. The quantitative estimate of drug-likeness (QED) is 0.779. The van der Waals surface area contributed by atoms with Crippen LogP contribution in [0.2, 0.25) is 0 Å². The molecule has 0 aromatic carbocycles. The maximum Gasteiger partial charge on any atom is 0.239 e. The Labute approximate surface area is 136 Å². The van der Waals surface area contributed by atoms with Crippen LogP contribution < -0.4 is 5.73 Å². The average Bonchev–Trinajstić information content (AvgIpc) is 3.05. The van der Waals surface area contributed by atoms with Gasteiger partial charge in [0.1, 0.15) is 12.0 Å². The van der Waals surface area contributed by atoms with Gasteiger partial charge in [-0.25, -0.2) is 8.42 Å². The number of hydrogen-bond donors (Lipinski definition) is 1. The maximum absolute atomic E-state index is 12.3. The lowest BCUT2D eigenvalue weighted by molar-refractivity contribution is -0.134. The fourth-order valence-electron chi connectivity index (χ4n) is 2.48. The lowest BCUT2D eigenvalue weighted by atomic mass is 9.99. The van der Waals surface area contributed by atoms with E-state index in [1.807, 2.05) is 13.8 Å². The fraction of sp³-hybridized carbons (Fsp3) is 0.714. The summed E-state index contributed by atoms with van der Waals surface area (Å²) in [7, 11) is -3.46. The standard InChI is InChI=1S/C14H24N4O4S/c1-3-11(2)13(15)14(19)17-5-7-18(8-6-17)23(20,21)10-12-4-9-22-16-12/h4,9,11,13H,3,5-8,10,15H2,1-2H3. The van der Waals surface area contributed by atoms with Crippen molar-refractivity contribution in [2.45, 2.75) is 32.1 Å². The normalized spacial score (nSPS) is 19.5. The van der Waals surface area contributed by atoms with E-state index in [1.165, 1.54) is 16.6 Å². The maximum atomic E-state index is 12.3. The van der Waals surface area contributed by atoms with Gasteiger partial charge in [0.25, 0.3) is 0 Å². The topological polar surface area (TPSA) is 110 Å². The van der Waals surface area contributed by atoms with Gasteiger partial charge in [-0.15, -0.1) is 0 Å². The Morgan fingerprint density at radius 3 is 2.57 bits per heavy atom. The highest BCUT2D eigenvalue weighted by Gasteiger charge is 2.32. The van der Waals surface area contributed by atoms with Crippen LogP contribution in [0, 0.1) is 5.92 Å². The van der Waals surface area contributed by atoms with Gasteiger partial charge in [0.2, 0.25) is 15.9 Å². The van der Waals surface area contributed by atoms with Crippen LogP contribution in [0.5, 0.6) is 0 Å². The molecule has 0 saturated carbocycles. The largest absolute Gasteiger partial charge is 0.364 e. The molecule has 1 fully saturated rings. The summed E-state index contributed by atoms with van der Waals surface area (Å²) in [4.78, 5) is 14.0. The van der Waals surface area contributed by atoms with E-state index < -0.39 is 16.1 Å². The van der Waals surface area contributed by atoms with Crippen molar-refractivity contribution in [2.75, 3.05) is 26.2 Å². The third-order valence-corrected chi connectivity index (χ3v) is 6.12. The predicted octanol–water partition coefficient (Wildman–Crippen LogP) is 0.0220. The van der Waals surface area contributed by atoms with Gasteiger partial charge in [-0.2, -0.15) is 4.31 Å². The van der Waals surface area contributed by atoms with Gasteiger partial charge in [-0.05, 0) is 5.92 Å². The minimum atomic E-state index is -3.46. The number of nitrogens with two attached hydrogens (primary N) is 1. The van der Waals surface area contributed by atoms with E-state index in [1.54, 1.807) is 4.90 Å². The Balaban J connectivity index is 1.92. The molecule has 1 saturated heterocycles. The summed E-state index contributed by atoms with van der Waals surface area (Å²) >= 11 is 0. The summed E-state index contributed by atoms with van der Waals surface area (Å²) in [6, 6.07) is 1.00. The predicted molar refractivity (Wildman–Crippen MR) is 84.7 cm³/mol. The second kappa shape index (κ2) is 7.41. The molecule has 1 aromatic rings. The van der Waals surface area contributed by atoms with E-state index in [0.717, 1.165) is 6.42 Å². The van der Waals surface area contributed by atoms with E-state index in [9.17, 15) is 13.2 Å². The first-order valence-corrected chi connectivity index (χ1v) is 9.37. The molecule has 0 spiro atoms. The van der Waals surface area contributed by atoms with Crippen molar-refractivity contribution in [3.8, 4) is 0 Å². The molecule has 0 aliphatic carbocycles. The van der Waals surface area contributed by atoms with E-state index in [2.05, 4.69) is 9.68 Å². The molecular weight excluding hydrogens is 320 g/mol. The second-order valence-corrected chi connectivity index (χ2v) is 7.85. The zero-order valence-electron chi connectivity index (χ0n) is 13.5. The highest BCUT2D eigenvalue weighted by atomic mass is 32.2. The first-order valence-electron chi connectivity index (χ1n) is 7.76. The fourth-order valence-corrected chi connectivity index (χ4v) is 3.91. The molecule has 2 heterocycles. The Kier molecular flexibility index (Phi) is 5.77. The molecule has 0 bridgehead atoms. The van der Waals surface area contributed by atoms with E-state index in [4.69, 9.17) is 5.73 Å². The van der Waals surface area contributed by atoms with Crippen molar-refractivity contribution in [3.05, 3.63) is 18.0 Å². The molecule has 0 radical (unpaired) electrons. The minimum absolute atomic E-state index is 0.104. The zero-order valence-corrected chi connectivity index (χ0v) is 14.3. The molecule has 2 atom stereocenters. The third kappa shape index (κ3) is 4.30. The molecular formula is C14H24N4O4S. The Morgan fingerprint density at radius 2 is 2.04 bits per heavy atom. The lowest BCUT2D eigenvalue weighted by Gasteiger charge is -2.35. The molecule has 2 unspecified atom stereocenters. The number of hydrogen-bond acceptors (Lipinski definition) is 6. The number of carbonyl (C=O) groups excluding carboxylic acids is 1. The van der Waals surface area contributed by atoms with Crippen molar-refractivity contribution in [1.29, 1.82) is 0 Å². The summed E-state index contributed by atoms with van der Waals surface area (Å²) in [5.74, 6) is -0.187. The molecule has 1 aliphatic heterocycles. The summed E-state index contributed by atoms with van der Waals surface area (Å²) < 4.78 is 30.7. The van der Waals surface area contributed by atoms with Gasteiger partial charge in [-0.1, -0.05) is 25.4 Å². The SMILES string of the molecule is CCC(C)C(N)C(=O)N1CCN(S(=O)(=O)Cc2ccon2)CC1. The van der Waals surface area contributed by atoms with Crippen LogP contribution in [0.3, 0.4) is 0 Å². The van der Waals surface area contributed by atoms with Gasteiger partial charge >= 0.3 is 0 Å². The van der Waals surface area contributed by atoms with Crippen LogP contribution in [-0.4, -0.2) is 60.9 Å². The highest BCUT2D eigenvalue weighted by Crippen LogP contribution is 2.15. The van der Waals surface area contributed by atoms with Crippen LogP contribution >= 0.6 is 0 Å².